The van der Waals surface area contributed by atoms with Gasteiger partial charge in [0.15, 0.2) is 0 Å². The predicted octanol–water partition coefficient (Wildman–Crippen LogP) is 2.37. The van der Waals surface area contributed by atoms with E-state index in [1.165, 1.54) is 25.3 Å². The zero-order valence-electron chi connectivity index (χ0n) is 10.2. The largest absolute Gasteiger partial charge is 0.465 e. The molecular formula is C12H14N2O4. The van der Waals surface area contributed by atoms with Crippen LogP contribution in [-0.2, 0) is 4.74 Å². The molecule has 0 aliphatic carbocycles. The maximum absolute atomic E-state index is 11.3. The van der Waals surface area contributed by atoms with Crippen molar-refractivity contribution in [3.63, 3.8) is 0 Å². The number of nitrogens with zero attached hydrogens (tertiary/aromatic N) is 1. The first-order valence-electron chi connectivity index (χ1n) is 5.20. The molecule has 0 unspecified atom stereocenters. The highest BCUT2D eigenvalue weighted by Gasteiger charge is 2.16. The minimum Gasteiger partial charge on any atom is -0.465 e. The molecule has 0 fully saturated rings. The van der Waals surface area contributed by atoms with Gasteiger partial charge in [0.1, 0.15) is 5.69 Å². The minimum atomic E-state index is -0.539. The van der Waals surface area contributed by atoms with Crippen molar-refractivity contribution in [3.8, 4) is 0 Å². The molecule has 0 spiro atoms. The minimum absolute atomic E-state index is 0.0936. The van der Waals surface area contributed by atoms with Crippen LogP contribution in [0.5, 0.6) is 0 Å². The summed E-state index contributed by atoms with van der Waals surface area (Å²) in [5.41, 5.74) is 1.26. The highest BCUT2D eigenvalue weighted by Crippen LogP contribution is 2.25. The van der Waals surface area contributed by atoms with Crippen LogP contribution >= 0.6 is 0 Å². The number of anilines is 1. The topological polar surface area (TPSA) is 81.5 Å². The first-order chi connectivity index (χ1) is 8.45. The Morgan fingerprint density at radius 2 is 2.22 bits per heavy atom. The molecule has 6 heteroatoms. The average molecular weight is 250 g/mol. The van der Waals surface area contributed by atoms with Crippen LogP contribution in [-0.4, -0.2) is 24.5 Å². The van der Waals surface area contributed by atoms with E-state index in [0.717, 1.165) is 5.57 Å². The molecule has 0 radical (unpaired) electrons. The third-order valence-electron chi connectivity index (χ3n) is 2.19. The van der Waals surface area contributed by atoms with Crippen LogP contribution in [0.15, 0.2) is 30.4 Å². The van der Waals surface area contributed by atoms with Gasteiger partial charge in [-0.25, -0.2) is 4.79 Å². The van der Waals surface area contributed by atoms with Gasteiger partial charge in [0.2, 0.25) is 0 Å². The molecule has 0 aliphatic rings. The first kappa shape index (κ1) is 13.7. The Bertz CT molecular complexity index is 497. The molecule has 1 N–H and O–H groups in total. The monoisotopic (exact) mass is 250 g/mol. The fourth-order valence-electron chi connectivity index (χ4n) is 1.33. The molecule has 1 aromatic carbocycles. The second-order valence-electron chi connectivity index (χ2n) is 3.79. The summed E-state index contributed by atoms with van der Waals surface area (Å²) in [6, 6.07) is 4.02. The molecule has 0 bridgehead atoms. The van der Waals surface area contributed by atoms with Gasteiger partial charge in [0.25, 0.3) is 5.69 Å². The van der Waals surface area contributed by atoms with Crippen LogP contribution in [0.4, 0.5) is 11.4 Å². The summed E-state index contributed by atoms with van der Waals surface area (Å²) >= 11 is 0. The Kier molecular flexibility index (Phi) is 4.42. The second-order valence-corrected chi connectivity index (χ2v) is 3.79. The van der Waals surface area contributed by atoms with Gasteiger partial charge in [-0.15, -0.1) is 0 Å². The van der Waals surface area contributed by atoms with E-state index in [-0.39, 0.29) is 16.9 Å². The molecule has 0 saturated carbocycles. The third kappa shape index (κ3) is 3.31. The molecule has 18 heavy (non-hydrogen) atoms. The lowest BCUT2D eigenvalue weighted by Gasteiger charge is -2.08. The molecule has 0 aromatic heterocycles. The van der Waals surface area contributed by atoms with E-state index in [1.54, 1.807) is 6.92 Å². The molecule has 96 valence electrons. The van der Waals surface area contributed by atoms with Crippen LogP contribution in [0.1, 0.15) is 17.3 Å². The molecule has 0 amide bonds. The fraction of sp³-hybridized carbons (Fsp3) is 0.250. The van der Waals surface area contributed by atoms with Crippen molar-refractivity contribution in [1.29, 1.82) is 0 Å². The Balaban J connectivity index is 3.11. The zero-order chi connectivity index (χ0) is 13.7. The standard InChI is InChI=1S/C12H14N2O4/c1-8(2)7-13-10-6-9(12(15)18-3)4-5-11(10)14(16)17/h4-6,13H,1,7H2,2-3H3. The van der Waals surface area contributed by atoms with Gasteiger partial charge in [0, 0.05) is 12.6 Å². The molecule has 1 rings (SSSR count). The summed E-state index contributed by atoms with van der Waals surface area (Å²) in [6.07, 6.45) is 0. The average Bonchev–Trinajstić information content (AvgIpc) is 2.34. The Morgan fingerprint density at radius 3 is 2.72 bits per heavy atom. The van der Waals surface area contributed by atoms with Crippen LogP contribution in [0.3, 0.4) is 0 Å². The van der Waals surface area contributed by atoms with Crippen molar-refractivity contribution in [2.45, 2.75) is 6.92 Å². The molecule has 0 saturated heterocycles. The van der Waals surface area contributed by atoms with Crippen molar-refractivity contribution in [1.82, 2.24) is 0 Å². The van der Waals surface area contributed by atoms with Gasteiger partial charge in [0.05, 0.1) is 17.6 Å². The molecule has 0 atom stereocenters. The normalized spacial score (nSPS) is 9.67. The number of benzene rings is 1. The zero-order valence-corrected chi connectivity index (χ0v) is 10.2. The SMILES string of the molecule is C=C(C)CNc1cc(C(=O)OC)ccc1[N+](=O)[O-]. The lowest BCUT2D eigenvalue weighted by molar-refractivity contribution is -0.384. The summed E-state index contributed by atoms with van der Waals surface area (Å²) in [4.78, 5) is 21.7. The first-order valence-corrected chi connectivity index (χ1v) is 5.20. The number of hydrogen-bond donors (Lipinski definition) is 1. The van der Waals surface area contributed by atoms with E-state index in [1.807, 2.05) is 0 Å². The fourth-order valence-corrected chi connectivity index (χ4v) is 1.33. The van der Waals surface area contributed by atoms with Crippen molar-refractivity contribution < 1.29 is 14.5 Å². The lowest BCUT2D eigenvalue weighted by Crippen LogP contribution is -2.07. The van der Waals surface area contributed by atoms with E-state index in [0.29, 0.717) is 6.54 Å². The second kappa shape index (κ2) is 5.81. The van der Waals surface area contributed by atoms with E-state index in [4.69, 9.17) is 0 Å². The van der Waals surface area contributed by atoms with Crippen molar-refractivity contribution in [2.75, 3.05) is 19.0 Å². The van der Waals surface area contributed by atoms with Gasteiger partial charge in [-0.05, 0) is 19.1 Å². The highest BCUT2D eigenvalue weighted by atomic mass is 16.6. The van der Waals surface area contributed by atoms with E-state index >= 15 is 0 Å². The number of ether oxygens (including phenoxy) is 1. The number of nitro benzene ring substituents is 1. The maximum atomic E-state index is 11.3. The number of nitrogens with one attached hydrogen (secondary N) is 1. The smallest absolute Gasteiger partial charge is 0.337 e. The van der Waals surface area contributed by atoms with Gasteiger partial charge < -0.3 is 10.1 Å². The highest BCUT2D eigenvalue weighted by molar-refractivity contribution is 5.91. The van der Waals surface area contributed by atoms with E-state index in [9.17, 15) is 14.9 Å². The number of carbonyl (C=O) groups is 1. The number of rotatable bonds is 5. The summed E-state index contributed by atoms with van der Waals surface area (Å²) in [7, 11) is 1.25. The number of nitro groups is 1. The van der Waals surface area contributed by atoms with Crippen LogP contribution < -0.4 is 5.32 Å². The van der Waals surface area contributed by atoms with Crippen molar-refractivity contribution in [3.05, 3.63) is 46.0 Å². The Hall–Kier alpha value is -2.37. The van der Waals surface area contributed by atoms with Gasteiger partial charge in [-0.1, -0.05) is 12.2 Å². The van der Waals surface area contributed by atoms with Crippen molar-refractivity contribution in [2.24, 2.45) is 0 Å². The molecule has 6 nitrogen and oxygen atoms in total. The molecular weight excluding hydrogens is 236 g/mol. The summed E-state index contributed by atoms with van der Waals surface area (Å²) in [6.45, 7) is 5.88. The van der Waals surface area contributed by atoms with E-state index < -0.39 is 10.9 Å². The third-order valence-corrected chi connectivity index (χ3v) is 2.19. The van der Waals surface area contributed by atoms with Crippen molar-refractivity contribution >= 4 is 17.3 Å². The van der Waals surface area contributed by atoms with Crippen LogP contribution in [0.25, 0.3) is 0 Å². The number of methoxy groups -OCH3 is 1. The summed E-state index contributed by atoms with van der Waals surface area (Å²) < 4.78 is 4.56. The molecule has 0 aliphatic heterocycles. The quantitative estimate of drug-likeness (QED) is 0.375. The molecule has 0 heterocycles. The summed E-state index contributed by atoms with van der Waals surface area (Å²) in [5.74, 6) is -0.539. The predicted molar refractivity (Wildman–Crippen MR) is 67.7 cm³/mol. The van der Waals surface area contributed by atoms with E-state index in [2.05, 4.69) is 16.6 Å². The maximum Gasteiger partial charge on any atom is 0.337 e. The molecule has 1 aromatic rings. The van der Waals surface area contributed by atoms with Crippen LogP contribution in [0.2, 0.25) is 0 Å². The number of carbonyl (C=O) groups excluding carboxylic acids is 1. The van der Waals surface area contributed by atoms with Gasteiger partial charge in [-0.3, -0.25) is 10.1 Å². The lowest BCUT2D eigenvalue weighted by atomic mass is 10.1. The Morgan fingerprint density at radius 1 is 1.56 bits per heavy atom. The Labute approximate surface area is 104 Å². The van der Waals surface area contributed by atoms with Gasteiger partial charge >= 0.3 is 5.97 Å². The van der Waals surface area contributed by atoms with Crippen LogP contribution in [0, 0.1) is 10.1 Å². The number of hydrogen-bond acceptors (Lipinski definition) is 5. The van der Waals surface area contributed by atoms with Gasteiger partial charge in [-0.2, -0.15) is 0 Å². The summed E-state index contributed by atoms with van der Waals surface area (Å²) in [5, 5.41) is 13.7. The number of esters is 1.